The Balaban J connectivity index is 2.09. The van der Waals surface area contributed by atoms with Crippen molar-refractivity contribution in [2.75, 3.05) is 20.3 Å². The number of carbonyl (C=O) groups excluding carboxylic acids is 1. The van der Waals surface area contributed by atoms with E-state index in [9.17, 15) is 4.79 Å². The summed E-state index contributed by atoms with van der Waals surface area (Å²) in [5.74, 6) is 0.350. The summed E-state index contributed by atoms with van der Waals surface area (Å²) in [6.45, 7) is 6.83. The van der Waals surface area contributed by atoms with Gasteiger partial charge in [-0.2, -0.15) is 5.10 Å². The summed E-state index contributed by atoms with van der Waals surface area (Å²) < 4.78 is 12.4. The van der Waals surface area contributed by atoms with Crippen molar-refractivity contribution in [3.63, 3.8) is 0 Å². The zero-order valence-corrected chi connectivity index (χ0v) is 13.6. The molecule has 0 aliphatic carbocycles. The maximum absolute atomic E-state index is 12.3. The Morgan fingerprint density at radius 3 is 2.82 bits per heavy atom. The number of ether oxygens (including phenoxy) is 1. The zero-order valence-electron chi connectivity index (χ0n) is 13.6. The Kier molecular flexibility index (Phi) is 4.65. The molecule has 2 rings (SSSR count). The molecule has 120 valence electrons. The van der Waals surface area contributed by atoms with Gasteiger partial charge < -0.3 is 14.5 Å². The van der Waals surface area contributed by atoms with Gasteiger partial charge in [0.25, 0.3) is 5.91 Å². The van der Waals surface area contributed by atoms with E-state index in [1.54, 1.807) is 31.1 Å². The van der Waals surface area contributed by atoms with Gasteiger partial charge in [0.05, 0.1) is 24.1 Å². The molecular weight excluding hydrogens is 284 g/mol. The average Bonchev–Trinajstić information content (AvgIpc) is 3.02. The Hall–Kier alpha value is -2.15. The summed E-state index contributed by atoms with van der Waals surface area (Å²) in [6, 6.07) is 0. The summed E-state index contributed by atoms with van der Waals surface area (Å²) in [5.41, 5.74) is 1.15. The number of amides is 1. The summed E-state index contributed by atoms with van der Waals surface area (Å²) in [6.07, 6.45) is 3.43. The van der Waals surface area contributed by atoms with Crippen molar-refractivity contribution < 1.29 is 13.9 Å². The topological polar surface area (TPSA) is 82.2 Å². The van der Waals surface area contributed by atoms with Crippen LogP contribution < -0.4 is 5.32 Å². The normalized spacial score (nSPS) is 11.7. The maximum atomic E-state index is 12.3. The molecule has 0 spiro atoms. The van der Waals surface area contributed by atoms with Gasteiger partial charge in [-0.1, -0.05) is 13.8 Å². The standard InChI is InChI=1S/C15H22N4O3/c1-10-12(13(20)16-8-15(2,3)9-21-5)22-14(18-10)11-6-17-19(4)7-11/h6-7H,8-9H2,1-5H3,(H,16,20). The van der Waals surface area contributed by atoms with Gasteiger partial charge in [0.15, 0.2) is 0 Å². The number of aromatic nitrogens is 3. The first-order valence-electron chi connectivity index (χ1n) is 7.06. The average molecular weight is 306 g/mol. The van der Waals surface area contributed by atoms with E-state index >= 15 is 0 Å². The number of aryl methyl sites for hydroxylation is 2. The summed E-state index contributed by atoms with van der Waals surface area (Å²) in [4.78, 5) is 16.6. The van der Waals surface area contributed by atoms with Crippen LogP contribution in [0, 0.1) is 12.3 Å². The van der Waals surface area contributed by atoms with Gasteiger partial charge in [-0.05, 0) is 6.92 Å². The van der Waals surface area contributed by atoms with E-state index in [1.807, 2.05) is 20.9 Å². The van der Waals surface area contributed by atoms with E-state index < -0.39 is 0 Å². The smallest absolute Gasteiger partial charge is 0.289 e. The van der Waals surface area contributed by atoms with Crippen molar-refractivity contribution in [2.24, 2.45) is 12.5 Å². The van der Waals surface area contributed by atoms with Crippen LogP contribution in [0.1, 0.15) is 30.1 Å². The van der Waals surface area contributed by atoms with E-state index in [4.69, 9.17) is 9.15 Å². The van der Waals surface area contributed by atoms with Crippen LogP contribution in [0.5, 0.6) is 0 Å². The van der Waals surface area contributed by atoms with Gasteiger partial charge in [0.1, 0.15) is 0 Å². The molecule has 0 fully saturated rings. The second kappa shape index (κ2) is 6.31. The molecule has 0 saturated heterocycles. The molecule has 0 aromatic carbocycles. The molecule has 0 unspecified atom stereocenters. The fourth-order valence-electron chi connectivity index (χ4n) is 2.10. The number of methoxy groups -OCH3 is 1. The van der Waals surface area contributed by atoms with Gasteiger partial charge in [0.2, 0.25) is 11.7 Å². The number of oxazole rings is 1. The molecule has 0 atom stereocenters. The third-order valence-electron chi connectivity index (χ3n) is 3.22. The third kappa shape index (κ3) is 3.73. The lowest BCUT2D eigenvalue weighted by atomic mass is 9.95. The monoisotopic (exact) mass is 306 g/mol. The fraction of sp³-hybridized carbons (Fsp3) is 0.533. The Labute approximate surface area is 129 Å². The van der Waals surface area contributed by atoms with Crippen LogP contribution in [0.3, 0.4) is 0 Å². The molecule has 0 saturated carbocycles. The first-order chi connectivity index (χ1) is 10.3. The summed E-state index contributed by atoms with van der Waals surface area (Å²) in [7, 11) is 3.45. The number of carbonyl (C=O) groups is 1. The number of rotatable bonds is 6. The van der Waals surface area contributed by atoms with E-state index in [2.05, 4.69) is 15.4 Å². The number of hydrogen-bond donors (Lipinski definition) is 1. The highest BCUT2D eigenvalue weighted by molar-refractivity contribution is 5.92. The molecule has 7 heteroatoms. The van der Waals surface area contributed by atoms with Crippen LogP contribution in [0.15, 0.2) is 16.8 Å². The van der Waals surface area contributed by atoms with Gasteiger partial charge in [-0.25, -0.2) is 4.98 Å². The van der Waals surface area contributed by atoms with Crippen molar-refractivity contribution in [1.82, 2.24) is 20.1 Å². The fourth-order valence-corrected chi connectivity index (χ4v) is 2.10. The first-order valence-corrected chi connectivity index (χ1v) is 7.06. The van der Waals surface area contributed by atoms with Crippen molar-refractivity contribution in [3.05, 3.63) is 23.8 Å². The molecule has 0 aliphatic heterocycles. The van der Waals surface area contributed by atoms with Crippen LogP contribution in [0.4, 0.5) is 0 Å². The minimum Gasteiger partial charge on any atom is -0.431 e. The molecule has 1 amide bonds. The third-order valence-corrected chi connectivity index (χ3v) is 3.22. The SMILES string of the molecule is COCC(C)(C)CNC(=O)c1oc(-c2cnn(C)c2)nc1C. The molecule has 22 heavy (non-hydrogen) atoms. The molecule has 7 nitrogen and oxygen atoms in total. The highest BCUT2D eigenvalue weighted by atomic mass is 16.5. The van der Waals surface area contributed by atoms with E-state index in [-0.39, 0.29) is 17.1 Å². The molecule has 2 heterocycles. The highest BCUT2D eigenvalue weighted by Gasteiger charge is 2.23. The zero-order chi connectivity index (χ0) is 16.3. The second-order valence-electron chi connectivity index (χ2n) is 6.12. The van der Waals surface area contributed by atoms with E-state index in [0.29, 0.717) is 24.7 Å². The Morgan fingerprint density at radius 1 is 1.50 bits per heavy atom. The minimum atomic E-state index is -0.274. The van der Waals surface area contributed by atoms with Gasteiger partial charge in [-0.15, -0.1) is 0 Å². The lowest BCUT2D eigenvalue weighted by Crippen LogP contribution is -2.36. The van der Waals surface area contributed by atoms with Gasteiger partial charge in [0, 0.05) is 32.3 Å². The van der Waals surface area contributed by atoms with Crippen LogP contribution in [0.25, 0.3) is 11.5 Å². The van der Waals surface area contributed by atoms with E-state index in [0.717, 1.165) is 5.56 Å². The molecule has 0 radical (unpaired) electrons. The van der Waals surface area contributed by atoms with Crippen molar-refractivity contribution in [2.45, 2.75) is 20.8 Å². The molecule has 1 N–H and O–H groups in total. The number of nitrogens with zero attached hydrogens (tertiary/aromatic N) is 3. The quantitative estimate of drug-likeness (QED) is 0.879. The van der Waals surface area contributed by atoms with Crippen LogP contribution in [-0.4, -0.2) is 40.9 Å². The lowest BCUT2D eigenvalue weighted by Gasteiger charge is -2.23. The molecule has 2 aromatic rings. The van der Waals surface area contributed by atoms with Crippen molar-refractivity contribution in [3.8, 4) is 11.5 Å². The van der Waals surface area contributed by atoms with Crippen LogP contribution in [0.2, 0.25) is 0 Å². The van der Waals surface area contributed by atoms with Crippen LogP contribution in [-0.2, 0) is 11.8 Å². The predicted molar refractivity (Wildman–Crippen MR) is 81.4 cm³/mol. The molecule has 0 aliphatic rings. The van der Waals surface area contributed by atoms with E-state index in [1.165, 1.54) is 0 Å². The first kappa shape index (κ1) is 16.2. The minimum absolute atomic E-state index is 0.148. The summed E-state index contributed by atoms with van der Waals surface area (Å²) >= 11 is 0. The Bertz CT molecular complexity index is 658. The largest absolute Gasteiger partial charge is 0.431 e. The predicted octanol–water partition coefficient (Wildman–Crippen LogP) is 1.79. The number of hydrogen-bond acceptors (Lipinski definition) is 5. The number of nitrogens with one attached hydrogen (secondary N) is 1. The van der Waals surface area contributed by atoms with Crippen molar-refractivity contribution >= 4 is 5.91 Å². The molecular formula is C15H22N4O3. The maximum Gasteiger partial charge on any atom is 0.289 e. The Morgan fingerprint density at radius 2 is 2.23 bits per heavy atom. The highest BCUT2D eigenvalue weighted by Crippen LogP contribution is 2.21. The van der Waals surface area contributed by atoms with Crippen LogP contribution >= 0.6 is 0 Å². The van der Waals surface area contributed by atoms with Gasteiger partial charge in [-0.3, -0.25) is 9.48 Å². The lowest BCUT2D eigenvalue weighted by molar-refractivity contribution is 0.0825. The molecule has 0 bridgehead atoms. The van der Waals surface area contributed by atoms with Crippen molar-refractivity contribution in [1.29, 1.82) is 0 Å². The summed E-state index contributed by atoms with van der Waals surface area (Å²) in [5, 5.41) is 6.93. The molecule has 2 aromatic heterocycles. The second-order valence-corrected chi connectivity index (χ2v) is 6.12. The van der Waals surface area contributed by atoms with Gasteiger partial charge >= 0.3 is 0 Å².